The number of aryl methyl sites for hydroxylation is 1. The van der Waals surface area contributed by atoms with Gasteiger partial charge in [-0.1, -0.05) is 18.2 Å². The van der Waals surface area contributed by atoms with Gasteiger partial charge in [-0.3, -0.25) is 9.59 Å². The minimum Gasteiger partial charge on any atom is -0.381 e. The first-order chi connectivity index (χ1) is 10.1. The molecule has 0 aliphatic rings. The SMILES string of the molecule is Cc1cc(=O)c(C(=O)NC[C@H](C)Nc2ccccc2)c[nH]1. The molecule has 0 spiro atoms. The van der Waals surface area contributed by atoms with Gasteiger partial charge in [-0.2, -0.15) is 0 Å². The van der Waals surface area contributed by atoms with Crippen LogP contribution in [0.1, 0.15) is 23.0 Å². The van der Waals surface area contributed by atoms with Crippen molar-refractivity contribution < 1.29 is 4.79 Å². The molecule has 21 heavy (non-hydrogen) atoms. The van der Waals surface area contributed by atoms with Crippen LogP contribution in [0.15, 0.2) is 47.4 Å². The van der Waals surface area contributed by atoms with Crippen molar-refractivity contribution in [2.75, 3.05) is 11.9 Å². The Labute approximate surface area is 123 Å². The first-order valence-corrected chi connectivity index (χ1v) is 6.85. The highest BCUT2D eigenvalue weighted by Gasteiger charge is 2.11. The summed E-state index contributed by atoms with van der Waals surface area (Å²) < 4.78 is 0. The molecule has 1 amide bonds. The summed E-state index contributed by atoms with van der Waals surface area (Å²) in [7, 11) is 0. The van der Waals surface area contributed by atoms with Crippen LogP contribution in [0, 0.1) is 6.92 Å². The lowest BCUT2D eigenvalue weighted by molar-refractivity contribution is 0.0951. The number of rotatable bonds is 5. The highest BCUT2D eigenvalue weighted by atomic mass is 16.2. The van der Waals surface area contributed by atoms with Crippen LogP contribution >= 0.6 is 0 Å². The molecular weight excluding hydrogens is 266 g/mol. The van der Waals surface area contributed by atoms with Crippen LogP contribution < -0.4 is 16.1 Å². The van der Waals surface area contributed by atoms with E-state index in [2.05, 4.69) is 15.6 Å². The number of hydrogen-bond acceptors (Lipinski definition) is 3. The molecule has 0 unspecified atom stereocenters. The first kappa shape index (κ1) is 14.8. The number of anilines is 1. The van der Waals surface area contributed by atoms with E-state index in [0.29, 0.717) is 6.54 Å². The quantitative estimate of drug-likeness (QED) is 0.785. The fraction of sp³-hybridized carbons (Fsp3) is 0.250. The van der Waals surface area contributed by atoms with Crippen molar-refractivity contribution >= 4 is 11.6 Å². The first-order valence-electron chi connectivity index (χ1n) is 6.85. The van der Waals surface area contributed by atoms with Gasteiger partial charge in [-0.05, 0) is 26.0 Å². The van der Waals surface area contributed by atoms with Gasteiger partial charge in [0.1, 0.15) is 5.56 Å². The van der Waals surface area contributed by atoms with Crippen molar-refractivity contribution in [3.8, 4) is 0 Å². The van der Waals surface area contributed by atoms with Gasteiger partial charge in [0.2, 0.25) is 0 Å². The van der Waals surface area contributed by atoms with Crippen LogP contribution in [0.2, 0.25) is 0 Å². The molecule has 1 heterocycles. The lowest BCUT2D eigenvalue weighted by atomic mass is 10.2. The molecule has 2 rings (SSSR count). The van der Waals surface area contributed by atoms with Gasteiger partial charge in [0, 0.05) is 36.2 Å². The summed E-state index contributed by atoms with van der Waals surface area (Å²) in [5.74, 6) is -0.363. The maximum atomic E-state index is 12.0. The maximum Gasteiger partial charge on any atom is 0.256 e. The number of carbonyl (C=O) groups is 1. The van der Waals surface area contributed by atoms with Crippen LogP contribution in [0.4, 0.5) is 5.69 Å². The maximum absolute atomic E-state index is 12.0. The van der Waals surface area contributed by atoms with Gasteiger partial charge in [0.15, 0.2) is 5.43 Å². The van der Waals surface area contributed by atoms with Crippen LogP contribution in [-0.2, 0) is 0 Å². The van der Waals surface area contributed by atoms with Crippen molar-refractivity contribution in [2.24, 2.45) is 0 Å². The molecule has 0 bridgehead atoms. The van der Waals surface area contributed by atoms with E-state index in [-0.39, 0.29) is 22.9 Å². The van der Waals surface area contributed by atoms with Crippen molar-refractivity contribution in [1.29, 1.82) is 0 Å². The number of benzene rings is 1. The number of carbonyl (C=O) groups excluding carboxylic acids is 1. The fourth-order valence-electron chi connectivity index (χ4n) is 1.96. The predicted molar refractivity (Wildman–Crippen MR) is 83.7 cm³/mol. The number of nitrogens with one attached hydrogen (secondary N) is 3. The number of aromatic amines is 1. The molecule has 5 nitrogen and oxygen atoms in total. The van der Waals surface area contributed by atoms with Gasteiger partial charge >= 0.3 is 0 Å². The van der Waals surface area contributed by atoms with Crippen molar-refractivity contribution in [3.05, 3.63) is 64.1 Å². The van der Waals surface area contributed by atoms with E-state index >= 15 is 0 Å². The van der Waals surface area contributed by atoms with Gasteiger partial charge in [-0.25, -0.2) is 0 Å². The molecule has 1 atom stereocenters. The second-order valence-corrected chi connectivity index (χ2v) is 5.02. The third-order valence-electron chi connectivity index (χ3n) is 3.06. The highest BCUT2D eigenvalue weighted by Crippen LogP contribution is 2.06. The predicted octanol–water partition coefficient (Wildman–Crippen LogP) is 1.91. The van der Waals surface area contributed by atoms with Gasteiger partial charge < -0.3 is 15.6 Å². The summed E-state index contributed by atoms with van der Waals surface area (Å²) in [6.07, 6.45) is 1.45. The molecule has 0 aliphatic carbocycles. The minimum atomic E-state index is -0.363. The normalized spacial score (nSPS) is 11.7. The van der Waals surface area contributed by atoms with E-state index in [9.17, 15) is 9.59 Å². The summed E-state index contributed by atoms with van der Waals surface area (Å²) in [6, 6.07) is 11.2. The number of amides is 1. The largest absolute Gasteiger partial charge is 0.381 e. The number of pyridine rings is 1. The van der Waals surface area contributed by atoms with Crippen LogP contribution in [0.25, 0.3) is 0 Å². The van der Waals surface area contributed by atoms with Crippen molar-refractivity contribution in [2.45, 2.75) is 19.9 Å². The molecule has 1 aromatic heterocycles. The van der Waals surface area contributed by atoms with Gasteiger partial charge in [0.25, 0.3) is 5.91 Å². The van der Waals surface area contributed by atoms with E-state index < -0.39 is 0 Å². The second kappa shape index (κ2) is 6.74. The van der Waals surface area contributed by atoms with E-state index in [4.69, 9.17) is 0 Å². The number of H-pyrrole nitrogens is 1. The number of hydrogen-bond donors (Lipinski definition) is 3. The molecule has 0 saturated heterocycles. The standard InChI is InChI=1S/C16H19N3O2/c1-11-8-15(20)14(10-17-11)16(21)18-9-12(2)19-13-6-4-3-5-7-13/h3-8,10,12,19H,9H2,1-2H3,(H,17,20)(H,18,21)/t12-/m0/s1. The van der Waals surface area contributed by atoms with E-state index in [0.717, 1.165) is 11.4 Å². The molecule has 0 radical (unpaired) electrons. The van der Waals surface area contributed by atoms with Crippen molar-refractivity contribution in [3.63, 3.8) is 0 Å². The Morgan fingerprint density at radius 2 is 2.00 bits per heavy atom. The lowest BCUT2D eigenvalue weighted by Gasteiger charge is -2.15. The molecule has 1 aromatic carbocycles. The summed E-state index contributed by atoms with van der Waals surface area (Å²) in [4.78, 5) is 26.6. The zero-order valence-corrected chi connectivity index (χ0v) is 12.1. The summed E-state index contributed by atoms with van der Waals surface area (Å²) in [5, 5.41) is 6.03. The molecule has 0 aliphatic heterocycles. The Bertz CT molecular complexity index is 665. The average Bonchev–Trinajstić information content (AvgIpc) is 2.46. The van der Waals surface area contributed by atoms with E-state index in [1.54, 1.807) is 6.92 Å². The smallest absolute Gasteiger partial charge is 0.256 e. The molecule has 3 N–H and O–H groups in total. The Morgan fingerprint density at radius 1 is 1.29 bits per heavy atom. The Kier molecular flexibility index (Phi) is 4.77. The molecule has 110 valence electrons. The molecule has 5 heteroatoms. The molecule has 0 saturated carbocycles. The van der Waals surface area contributed by atoms with Crippen LogP contribution in [-0.4, -0.2) is 23.5 Å². The second-order valence-electron chi connectivity index (χ2n) is 5.02. The molecule has 0 fully saturated rings. The average molecular weight is 285 g/mol. The van der Waals surface area contributed by atoms with E-state index in [1.165, 1.54) is 12.3 Å². The zero-order chi connectivity index (χ0) is 15.2. The summed E-state index contributed by atoms with van der Waals surface area (Å²) >= 11 is 0. The Balaban J connectivity index is 1.90. The minimum absolute atomic E-state index is 0.0564. The topological polar surface area (TPSA) is 74.0 Å². The fourth-order valence-corrected chi connectivity index (χ4v) is 1.96. The van der Waals surface area contributed by atoms with Gasteiger partial charge in [0.05, 0.1) is 0 Å². The third kappa shape index (κ3) is 4.21. The highest BCUT2D eigenvalue weighted by molar-refractivity contribution is 5.93. The number of para-hydroxylation sites is 1. The van der Waals surface area contributed by atoms with Gasteiger partial charge in [-0.15, -0.1) is 0 Å². The summed E-state index contributed by atoms with van der Waals surface area (Å²) in [5.41, 5.74) is 1.59. The zero-order valence-electron chi connectivity index (χ0n) is 12.1. The van der Waals surface area contributed by atoms with E-state index in [1.807, 2.05) is 37.3 Å². The third-order valence-corrected chi connectivity index (χ3v) is 3.06. The molecular formula is C16H19N3O2. The van der Waals surface area contributed by atoms with Crippen LogP contribution in [0.3, 0.4) is 0 Å². The number of aromatic nitrogens is 1. The molecule has 2 aromatic rings. The monoisotopic (exact) mass is 285 g/mol. The summed E-state index contributed by atoms with van der Waals surface area (Å²) in [6.45, 7) is 4.17. The van der Waals surface area contributed by atoms with Crippen LogP contribution in [0.5, 0.6) is 0 Å². The van der Waals surface area contributed by atoms with Crippen molar-refractivity contribution in [1.82, 2.24) is 10.3 Å². The Morgan fingerprint density at radius 3 is 2.67 bits per heavy atom. The lowest BCUT2D eigenvalue weighted by Crippen LogP contribution is -2.36. The Hall–Kier alpha value is -2.56.